The van der Waals surface area contributed by atoms with Gasteiger partial charge in [-0.25, -0.2) is 9.97 Å². The summed E-state index contributed by atoms with van der Waals surface area (Å²) in [5, 5.41) is 0.259. The summed E-state index contributed by atoms with van der Waals surface area (Å²) in [6, 6.07) is 0. The van der Waals surface area contributed by atoms with Crippen molar-refractivity contribution in [2.75, 3.05) is 51.2 Å². The summed E-state index contributed by atoms with van der Waals surface area (Å²) in [5.74, 6) is 0.610. The molecule has 0 aliphatic rings. The summed E-state index contributed by atoms with van der Waals surface area (Å²) < 4.78 is 10.1. The lowest BCUT2D eigenvalue weighted by Crippen LogP contribution is -2.32. The zero-order valence-electron chi connectivity index (χ0n) is 10.0. The molecule has 1 aromatic rings. The van der Waals surface area contributed by atoms with Gasteiger partial charge in [0.05, 0.1) is 13.2 Å². The second kappa shape index (κ2) is 7.26. The lowest BCUT2D eigenvalue weighted by Gasteiger charge is -2.24. The maximum absolute atomic E-state index is 5.86. The minimum atomic E-state index is 0.259. The molecule has 0 fully saturated rings. The topological polar surface area (TPSA) is 73.5 Å². The van der Waals surface area contributed by atoms with Gasteiger partial charge in [0.15, 0.2) is 11.0 Å². The molecule has 1 heterocycles. The third kappa shape index (κ3) is 3.99. The van der Waals surface area contributed by atoms with Crippen LogP contribution in [-0.2, 0) is 9.47 Å². The van der Waals surface area contributed by atoms with Gasteiger partial charge in [-0.3, -0.25) is 0 Å². The highest BCUT2D eigenvalue weighted by Crippen LogP contribution is 2.25. The van der Waals surface area contributed by atoms with Crippen LogP contribution in [0.1, 0.15) is 0 Å². The SMILES string of the molecule is COCCN(CCOC)c1ncnc(Cl)c1N. The minimum absolute atomic E-state index is 0.259. The van der Waals surface area contributed by atoms with E-state index in [4.69, 9.17) is 26.8 Å². The van der Waals surface area contributed by atoms with Crippen LogP contribution in [0.3, 0.4) is 0 Å². The third-order valence-corrected chi connectivity index (χ3v) is 2.55. The number of rotatable bonds is 7. The highest BCUT2D eigenvalue weighted by atomic mass is 35.5. The summed E-state index contributed by atoms with van der Waals surface area (Å²) in [7, 11) is 3.29. The van der Waals surface area contributed by atoms with Crippen LogP contribution in [0, 0.1) is 0 Å². The Kier molecular flexibility index (Phi) is 5.96. The zero-order chi connectivity index (χ0) is 12.7. The Balaban J connectivity index is 2.83. The van der Waals surface area contributed by atoms with Crippen LogP contribution in [0.25, 0.3) is 0 Å². The molecule has 0 amide bonds. The van der Waals surface area contributed by atoms with Gasteiger partial charge in [-0.15, -0.1) is 0 Å². The first-order valence-corrected chi connectivity index (χ1v) is 5.57. The fourth-order valence-electron chi connectivity index (χ4n) is 1.34. The Morgan fingerprint density at radius 2 is 1.82 bits per heavy atom. The molecule has 0 aliphatic carbocycles. The van der Waals surface area contributed by atoms with Crippen molar-refractivity contribution in [3.05, 3.63) is 11.5 Å². The first-order chi connectivity index (χ1) is 8.20. The Morgan fingerprint density at radius 1 is 1.24 bits per heavy atom. The van der Waals surface area contributed by atoms with Crippen LogP contribution >= 0.6 is 11.6 Å². The molecule has 17 heavy (non-hydrogen) atoms. The van der Waals surface area contributed by atoms with E-state index >= 15 is 0 Å². The molecule has 6 nitrogen and oxygen atoms in total. The average Bonchev–Trinajstić information content (AvgIpc) is 2.34. The van der Waals surface area contributed by atoms with Gasteiger partial charge in [-0.1, -0.05) is 11.6 Å². The van der Waals surface area contributed by atoms with Crippen LogP contribution in [0.5, 0.6) is 0 Å². The van der Waals surface area contributed by atoms with Crippen molar-refractivity contribution in [3.8, 4) is 0 Å². The second-order valence-corrected chi connectivity index (χ2v) is 3.73. The van der Waals surface area contributed by atoms with Gasteiger partial charge < -0.3 is 20.1 Å². The maximum atomic E-state index is 5.86. The largest absolute Gasteiger partial charge is 0.393 e. The number of aromatic nitrogens is 2. The molecule has 0 bridgehead atoms. The van der Waals surface area contributed by atoms with Crippen molar-refractivity contribution < 1.29 is 9.47 Å². The molecule has 0 saturated heterocycles. The molecular weight excluding hydrogens is 244 g/mol. The molecule has 0 saturated carbocycles. The Labute approximate surface area is 106 Å². The minimum Gasteiger partial charge on any atom is -0.393 e. The van der Waals surface area contributed by atoms with Gasteiger partial charge in [0, 0.05) is 27.3 Å². The van der Waals surface area contributed by atoms with E-state index in [1.165, 1.54) is 6.33 Å². The molecule has 0 radical (unpaired) electrons. The monoisotopic (exact) mass is 260 g/mol. The first kappa shape index (κ1) is 14.0. The van der Waals surface area contributed by atoms with E-state index in [2.05, 4.69) is 9.97 Å². The molecule has 0 atom stereocenters. The van der Waals surface area contributed by atoms with Gasteiger partial charge in [-0.05, 0) is 0 Å². The quantitative estimate of drug-likeness (QED) is 0.732. The van der Waals surface area contributed by atoms with E-state index in [-0.39, 0.29) is 5.15 Å². The van der Waals surface area contributed by atoms with E-state index < -0.39 is 0 Å². The van der Waals surface area contributed by atoms with E-state index in [1.54, 1.807) is 14.2 Å². The van der Waals surface area contributed by atoms with E-state index in [9.17, 15) is 0 Å². The number of nitrogens with two attached hydrogens (primary N) is 1. The van der Waals surface area contributed by atoms with Gasteiger partial charge in [-0.2, -0.15) is 0 Å². The second-order valence-electron chi connectivity index (χ2n) is 3.37. The molecule has 7 heteroatoms. The average molecular weight is 261 g/mol. The highest BCUT2D eigenvalue weighted by Gasteiger charge is 2.13. The Bertz CT molecular complexity index is 343. The van der Waals surface area contributed by atoms with Crippen molar-refractivity contribution in [1.82, 2.24) is 9.97 Å². The molecule has 0 spiro atoms. The zero-order valence-corrected chi connectivity index (χ0v) is 10.8. The van der Waals surface area contributed by atoms with E-state index in [1.807, 2.05) is 4.90 Å². The summed E-state index contributed by atoms with van der Waals surface area (Å²) in [5.41, 5.74) is 6.22. The number of ether oxygens (including phenoxy) is 2. The van der Waals surface area contributed by atoms with Gasteiger partial charge >= 0.3 is 0 Å². The number of methoxy groups -OCH3 is 2. The Hall–Kier alpha value is -1.11. The fraction of sp³-hybridized carbons (Fsp3) is 0.600. The van der Waals surface area contributed by atoms with E-state index in [0.717, 1.165) is 0 Å². The molecule has 1 rings (SSSR count). The number of halogens is 1. The van der Waals surface area contributed by atoms with Gasteiger partial charge in [0.1, 0.15) is 12.0 Å². The van der Waals surface area contributed by atoms with Crippen LogP contribution < -0.4 is 10.6 Å². The number of hydrogen-bond donors (Lipinski definition) is 1. The first-order valence-electron chi connectivity index (χ1n) is 5.19. The smallest absolute Gasteiger partial charge is 0.157 e. The molecule has 0 aromatic carbocycles. The molecular formula is C10H17ClN4O2. The Morgan fingerprint density at radius 3 is 2.35 bits per heavy atom. The molecule has 96 valence electrons. The number of anilines is 2. The standard InChI is InChI=1S/C10H17ClN4O2/c1-16-5-3-15(4-6-17-2)10-8(12)9(11)13-7-14-10/h7H,3-6,12H2,1-2H3. The molecule has 2 N–H and O–H groups in total. The van der Waals surface area contributed by atoms with Crippen molar-refractivity contribution in [3.63, 3.8) is 0 Å². The predicted molar refractivity (Wildman–Crippen MR) is 67.4 cm³/mol. The lowest BCUT2D eigenvalue weighted by atomic mass is 10.4. The van der Waals surface area contributed by atoms with Crippen LogP contribution in [0.2, 0.25) is 5.15 Å². The van der Waals surface area contributed by atoms with E-state index in [0.29, 0.717) is 37.8 Å². The van der Waals surface area contributed by atoms with Gasteiger partial charge in [0.25, 0.3) is 0 Å². The van der Waals surface area contributed by atoms with Crippen molar-refractivity contribution in [1.29, 1.82) is 0 Å². The molecule has 1 aromatic heterocycles. The van der Waals surface area contributed by atoms with Crippen molar-refractivity contribution in [2.24, 2.45) is 0 Å². The maximum Gasteiger partial charge on any atom is 0.157 e. The summed E-state index contributed by atoms with van der Waals surface area (Å²) >= 11 is 5.86. The summed E-state index contributed by atoms with van der Waals surface area (Å²) in [6.07, 6.45) is 1.39. The van der Waals surface area contributed by atoms with Gasteiger partial charge in [0.2, 0.25) is 0 Å². The lowest BCUT2D eigenvalue weighted by molar-refractivity contribution is 0.190. The normalized spacial score (nSPS) is 10.5. The fourth-order valence-corrected chi connectivity index (χ4v) is 1.47. The van der Waals surface area contributed by atoms with Crippen LogP contribution in [0.15, 0.2) is 6.33 Å². The predicted octanol–water partition coefficient (Wildman–Crippen LogP) is 0.811. The number of nitrogens with zero attached hydrogens (tertiary/aromatic N) is 3. The molecule has 0 unspecified atom stereocenters. The summed E-state index contributed by atoms with van der Waals surface area (Å²) in [6.45, 7) is 2.48. The molecule has 0 aliphatic heterocycles. The number of nitrogen functional groups attached to an aromatic ring is 1. The van der Waals surface area contributed by atoms with Crippen LogP contribution in [-0.4, -0.2) is 50.5 Å². The summed E-state index contributed by atoms with van der Waals surface area (Å²) in [4.78, 5) is 9.92. The highest BCUT2D eigenvalue weighted by molar-refractivity contribution is 6.32. The van der Waals surface area contributed by atoms with Crippen molar-refractivity contribution >= 4 is 23.1 Å². The number of hydrogen-bond acceptors (Lipinski definition) is 6. The van der Waals surface area contributed by atoms with Crippen LogP contribution in [0.4, 0.5) is 11.5 Å². The van der Waals surface area contributed by atoms with Crippen molar-refractivity contribution in [2.45, 2.75) is 0 Å². The third-order valence-electron chi connectivity index (χ3n) is 2.24.